The van der Waals surface area contributed by atoms with Gasteiger partial charge in [0, 0.05) is 5.56 Å². The Balaban J connectivity index is 1.59. The SMILES string of the molecule is COc1ccc(C(=O)C2=C(O)C(=O)N(c3nc4ccc(F)cc4s3)C2C2CCCCC2)cc1. The first-order chi connectivity index (χ1) is 16.0. The number of halogens is 1. The van der Waals surface area contributed by atoms with Crippen molar-refractivity contribution in [2.45, 2.75) is 38.1 Å². The van der Waals surface area contributed by atoms with E-state index >= 15 is 0 Å². The molecule has 2 heterocycles. The number of carbonyl (C=O) groups is 2. The first-order valence-electron chi connectivity index (χ1n) is 11.0. The minimum absolute atomic E-state index is 0.0216. The zero-order valence-electron chi connectivity index (χ0n) is 18.1. The maximum Gasteiger partial charge on any atom is 0.296 e. The number of aliphatic hydroxyl groups excluding tert-OH is 1. The number of aromatic nitrogens is 1. The second-order valence-corrected chi connectivity index (χ2v) is 9.46. The van der Waals surface area contributed by atoms with Crippen LogP contribution in [0.5, 0.6) is 5.75 Å². The van der Waals surface area contributed by atoms with Gasteiger partial charge in [-0.05, 0) is 61.2 Å². The molecule has 3 aromatic rings. The maximum absolute atomic E-state index is 13.7. The van der Waals surface area contributed by atoms with Gasteiger partial charge in [-0.15, -0.1) is 0 Å². The second kappa shape index (κ2) is 8.59. The van der Waals surface area contributed by atoms with Crippen molar-refractivity contribution in [1.82, 2.24) is 4.98 Å². The van der Waals surface area contributed by atoms with Crippen LogP contribution in [0.3, 0.4) is 0 Å². The summed E-state index contributed by atoms with van der Waals surface area (Å²) in [5.41, 5.74) is 1.06. The Hall–Kier alpha value is -3.26. The van der Waals surface area contributed by atoms with Gasteiger partial charge >= 0.3 is 0 Å². The van der Waals surface area contributed by atoms with E-state index in [1.165, 1.54) is 28.4 Å². The zero-order chi connectivity index (χ0) is 23.1. The Morgan fingerprint density at radius 2 is 1.88 bits per heavy atom. The van der Waals surface area contributed by atoms with Crippen LogP contribution in [0.25, 0.3) is 10.2 Å². The summed E-state index contributed by atoms with van der Waals surface area (Å²) >= 11 is 1.19. The molecule has 1 fully saturated rings. The van der Waals surface area contributed by atoms with Gasteiger partial charge in [-0.2, -0.15) is 0 Å². The number of methoxy groups -OCH3 is 1. The van der Waals surface area contributed by atoms with Crippen molar-refractivity contribution in [1.29, 1.82) is 0 Å². The van der Waals surface area contributed by atoms with Gasteiger partial charge in [0.2, 0.25) is 0 Å². The largest absolute Gasteiger partial charge is 0.503 e. The molecular formula is C25H23FN2O4S. The third kappa shape index (κ3) is 3.78. The summed E-state index contributed by atoms with van der Waals surface area (Å²) < 4.78 is 19.5. The van der Waals surface area contributed by atoms with Gasteiger partial charge in [0.1, 0.15) is 11.6 Å². The topological polar surface area (TPSA) is 79.7 Å². The third-order valence-electron chi connectivity index (χ3n) is 6.49. The zero-order valence-corrected chi connectivity index (χ0v) is 18.9. The van der Waals surface area contributed by atoms with Crippen LogP contribution in [0.2, 0.25) is 0 Å². The Morgan fingerprint density at radius 3 is 2.58 bits per heavy atom. The highest BCUT2D eigenvalue weighted by Gasteiger charge is 2.48. The Labute approximate surface area is 194 Å². The van der Waals surface area contributed by atoms with E-state index < -0.39 is 17.7 Å². The number of nitrogens with zero attached hydrogens (tertiary/aromatic N) is 2. The summed E-state index contributed by atoms with van der Waals surface area (Å²) in [6, 6.07) is 10.3. The Kier molecular flexibility index (Phi) is 5.62. The van der Waals surface area contributed by atoms with Crippen molar-refractivity contribution in [3.05, 3.63) is 65.2 Å². The van der Waals surface area contributed by atoms with E-state index in [2.05, 4.69) is 4.98 Å². The molecule has 6 nitrogen and oxygen atoms in total. The standard InChI is InChI=1S/C25H23FN2O4S/c1-32-17-10-7-15(8-11-17)22(29)20-21(14-5-3-2-4-6-14)28(24(31)23(20)30)25-27-18-12-9-16(26)13-19(18)33-25/h7-14,21,30H,2-6H2,1H3. The number of rotatable bonds is 5. The monoisotopic (exact) mass is 466 g/mol. The maximum atomic E-state index is 13.7. The molecule has 0 spiro atoms. The molecule has 5 rings (SSSR count). The number of ketones is 1. The molecule has 1 amide bonds. The molecule has 1 aliphatic carbocycles. The number of amides is 1. The molecule has 2 aromatic carbocycles. The summed E-state index contributed by atoms with van der Waals surface area (Å²) in [6.07, 6.45) is 4.80. The van der Waals surface area contributed by atoms with Crippen LogP contribution in [-0.4, -0.2) is 34.9 Å². The average molecular weight is 467 g/mol. The number of hydrogen-bond donors (Lipinski definition) is 1. The van der Waals surface area contributed by atoms with Gasteiger partial charge < -0.3 is 9.84 Å². The molecule has 1 saturated carbocycles. The molecule has 2 aliphatic rings. The molecule has 1 unspecified atom stereocenters. The summed E-state index contributed by atoms with van der Waals surface area (Å²) in [7, 11) is 1.54. The predicted octanol–water partition coefficient (Wildman–Crippen LogP) is 5.43. The van der Waals surface area contributed by atoms with Crippen molar-refractivity contribution in [2.24, 2.45) is 5.92 Å². The molecule has 1 atom stereocenters. The fraction of sp³-hybridized carbons (Fsp3) is 0.320. The van der Waals surface area contributed by atoms with Gasteiger partial charge in [0.25, 0.3) is 5.91 Å². The van der Waals surface area contributed by atoms with E-state index in [-0.39, 0.29) is 23.1 Å². The number of carbonyl (C=O) groups excluding carboxylic acids is 2. The van der Waals surface area contributed by atoms with Gasteiger partial charge in [0.15, 0.2) is 16.7 Å². The molecular weight excluding hydrogens is 443 g/mol. The highest BCUT2D eigenvalue weighted by atomic mass is 32.1. The first kappa shape index (κ1) is 21.6. The van der Waals surface area contributed by atoms with Crippen LogP contribution in [0, 0.1) is 11.7 Å². The fourth-order valence-corrected chi connectivity index (χ4v) is 5.88. The number of thiazole rings is 1. The smallest absolute Gasteiger partial charge is 0.296 e. The lowest BCUT2D eigenvalue weighted by Gasteiger charge is -2.33. The van der Waals surface area contributed by atoms with Crippen molar-refractivity contribution in [3.8, 4) is 5.75 Å². The van der Waals surface area contributed by atoms with E-state index in [4.69, 9.17) is 4.74 Å². The minimum atomic E-state index is -0.637. The molecule has 33 heavy (non-hydrogen) atoms. The number of fused-ring (bicyclic) bond motifs is 1. The van der Waals surface area contributed by atoms with Crippen molar-refractivity contribution >= 4 is 38.4 Å². The molecule has 1 aromatic heterocycles. The molecule has 1 aliphatic heterocycles. The van der Waals surface area contributed by atoms with Crippen LogP contribution in [0.4, 0.5) is 9.52 Å². The number of anilines is 1. The molecule has 8 heteroatoms. The lowest BCUT2D eigenvalue weighted by Crippen LogP contribution is -2.42. The quantitative estimate of drug-likeness (QED) is 0.507. The van der Waals surface area contributed by atoms with Crippen LogP contribution in [0.15, 0.2) is 53.8 Å². The van der Waals surface area contributed by atoms with E-state index in [0.717, 1.165) is 32.1 Å². The number of hydrogen-bond acceptors (Lipinski definition) is 6. The normalized spacial score (nSPS) is 19.5. The second-order valence-electron chi connectivity index (χ2n) is 8.45. The number of aliphatic hydroxyl groups is 1. The fourth-order valence-electron chi connectivity index (χ4n) is 4.86. The molecule has 170 valence electrons. The highest BCUT2D eigenvalue weighted by Crippen LogP contribution is 2.43. The first-order valence-corrected chi connectivity index (χ1v) is 11.8. The molecule has 0 radical (unpaired) electrons. The van der Waals surface area contributed by atoms with Gasteiger partial charge in [-0.3, -0.25) is 14.5 Å². The average Bonchev–Trinajstić information content (AvgIpc) is 3.37. The minimum Gasteiger partial charge on any atom is -0.503 e. The van der Waals surface area contributed by atoms with Crippen molar-refractivity contribution in [3.63, 3.8) is 0 Å². The van der Waals surface area contributed by atoms with E-state index in [1.54, 1.807) is 37.4 Å². The molecule has 0 bridgehead atoms. The van der Waals surface area contributed by atoms with E-state index in [9.17, 15) is 19.1 Å². The number of ether oxygens (including phenoxy) is 1. The van der Waals surface area contributed by atoms with Crippen LogP contribution >= 0.6 is 11.3 Å². The lowest BCUT2D eigenvalue weighted by atomic mass is 9.79. The molecule has 0 saturated heterocycles. The summed E-state index contributed by atoms with van der Waals surface area (Å²) in [6.45, 7) is 0. The lowest BCUT2D eigenvalue weighted by molar-refractivity contribution is -0.117. The highest BCUT2D eigenvalue weighted by molar-refractivity contribution is 7.22. The van der Waals surface area contributed by atoms with Crippen LogP contribution in [-0.2, 0) is 4.79 Å². The van der Waals surface area contributed by atoms with Crippen LogP contribution < -0.4 is 9.64 Å². The van der Waals surface area contributed by atoms with E-state index in [1.807, 2.05) is 0 Å². The van der Waals surface area contributed by atoms with E-state index in [0.29, 0.717) is 26.7 Å². The van der Waals surface area contributed by atoms with Gasteiger partial charge in [-0.25, -0.2) is 9.37 Å². The number of Topliss-reactive ketones (excluding diaryl/α,β-unsaturated/α-hetero) is 1. The summed E-state index contributed by atoms with van der Waals surface area (Å²) in [5.74, 6) is -1.30. The van der Waals surface area contributed by atoms with Crippen molar-refractivity contribution in [2.75, 3.05) is 12.0 Å². The number of benzene rings is 2. The summed E-state index contributed by atoms with van der Waals surface area (Å²) in [5, 5.41) is 11.3. The Morgan fingerprint density at radius 1 is 1.15 bits per heavy atom. The van der Waals surface area contributed by atoms with Crippen LogP contribution in [0.1, 0.15) is 42.5 Å². The van der Waals surface area contributed by atoms with Gasteiger partial charge in [0.05, 0.1) is 28.9 Å². The summed E-state index contributed by atoms with van der Waals surface area (Å²) in [4.78, 5) is 32.8. The molecule has 1 N–H and O–H groups in total. The van der Waals surface area contributed by atoms with Crippen molar-refractivity contribution < 1.29 is 23.8 Å². The Bertz CT molecular complexity index is 1260. The van der Waals surface area contributed by atoms with Gasteiger partial charge in [-0.1, -0.05) is 30.6 Å². The third-order valence-corrected chi connectivity index (χ3v) is 7.51. The predicted molar refractivity (Wildman–Crippen MR) is 124 cm³/mol.